The standard InChI is InChI=1S/C14H12BrFN4/c15-11-5-9(1-2-12(11)16)6-13(17)10-7-19-20-4-3-18-8-14(10)20/h1-5,7-8,13H,6,17H2. The molecule has 3 aromatic rings. The molecule has 0 aliphatic rings. The van der Waals surface area contributed by atoms with Crippen LogP contribution >= 0.6 is 15.9 Å². The Morgan fingerprint density at radius 1 is 1.35 bits per heavy atom. The Hall–Kier alpha value is -1.79. The summed E-state index contributed by atoms with van der Waals surface area (Å²) in [5.41, 5.74) is 9.02. The average Bonchev–Trinajstić information content (AvgIpc) is 2.87. The van der Waals surface area contributed by atoms with E-state index >= 15 is 0 Å². The molecule has 0 saturated heterocycles. The van der Waals surface area contributed by atoms with Crippen LogP contribution in [0.2, 0.25) is 0 Å². The zero-order valence-electron chi connectivity index (χ0n) is 10.5. The third kappa shape index (κ3) is 2.44. The molecule has 1 unspecified atom stereocenters. The van der Waals surface area contributed by atoms with Crippen LogP contribution in [0.3, 0.4) is 0 Å². The molecular formula is C14H12BrFN4. The van der Waals surface area contributed by atoms with Crippen molar-refractivity contribution in [3.05, 3.63) is 64.4 Å². The van der Waals surface area contributed by atoms with Crippen molar-refractivity contribution in [3.63, 3.8) is 0 Å². The van der Waals surface area contributed by atoms with Crippen LogP contribution in [-0.4, -0.2) is 14.6 Å². The third-order valence-corrected chi connectivity index (χ3v) is 3.80. The van der Waals surface area contributed by atoms with E-state index in [4.69, 9.17) is 5.73 Å². The molecule has 0 aliphatic heterocycles. The topological polar surface area (TPSA) is 56.2 Å². The van der Waals surface area contributed by atoms with Crippen LogP contribution in [0.15, 0.2) is 47.5 Å². The highest BCUT2D eigenvalue weighted by molar-refractivity contribution is 9.10. The van der Waals surface area contributed by atoms with Crippen molar-refractivity contribution in [3.8, 4) is 0 Å². The second kappa shape index (κ2) is 5.30. The molecule has 1 aromatic carbocycles. The number of halogens is 2. The van der Waals surface area contributed by atoms with Crippen LogP contribution in [0, 0.1) is 5.82 Å². The molecule has 2 aromatic heterocycles. The van der Waals surface area contributed by atoms with Crippen LogP contribution in [0.5, 0.6) is 0 Å². The highest BCUT2D eigenvalue weighted by Gasteiger charge is 2.13. The zero-order chi connectivity index (χ0) is 14.1. The first kappa shape index (κ1) is 13.2. The molecule has 0 spiro atoms. The smallest absolute Gasteiger partial charge is 0.137 e. The number of aromatic nitrogens is 3. The lowest BCUT2D eigenvalue weighted by atomic mass is 10.0. The molecule has 1 atom stereocenters. The van der Waals surface area contributed by atoms with Gasteiger partial charge in [-0.15, -0.1) is 0 Å². The number of rotatable bonds is 3. The van der Waals surface area contributed by atoms with Crippen molar-refractivity contribution >= 4 is 21.4 Å². The Morgan fingerprint density at radius 2 is 2.20 bits per heavy atom. The first-order valence-electron chi connectivity index (χ1n) is 6.12. The minimum atomic E-state index is -0.275. The Morgan fingerprint density at radius 3 is 3.00 bits per heavy atom. The number of hydrogen-bond acceptors (Lipinski definition) is 3. The maximum Gasteiger partial charge on any atom is 0.137 e. The Kier molecular flexibility index (Phi) is 3.50. The Bertz CT molecular complexity index is 756. The summed E-state index contributed by atoms with van der Waals surface area (Å²) in [6, 6.07) is 4.71. The van der Waals surface area contributed by atoms with Gasteiger partial charge in [0.15, 0.2) is 0 Å². The summed E-state index contributed by atoms with van der Waals surface area (Å²) in [6.07, 6.45) is 7.55. The highest BCUT2D eigenvalue weighted by atomic mass is 79.9. The fourth-order valence-corrected chi connectivity index (χ4v) is 2.60. The van der Waals surface area contributed by atoms with Gasteiger partial charge in [-0.1, -0.05) is 6.07 Å². The molecule has 20 heavy (non-hydrogen) atoms. The Labute approximate surface area is 123 Å². The van der Waals surface area contributed by atoms with Gasteiger partial charge in [0.05, 0.1) is 22.4 Å². The molecule has 3 rings (SSSR count). The first-order valence-corrected chi connectivity index (χ1v) is 6.91. The molecule has 0 saturated carbocycles. The van der Waals surface area contributed by atoms with Crippen molar-refractivity contribution in [2.24, 2.45) is 5.73 Å². The number of nitrogens with zero attached hydrogens (tertiary/aromatic N) is 3. The van der Waals surface area contributed by atoms with Crippen molar-refractivity contribution in [1.29, 1.82) is 0 Å². The molecule has 0 bridgehead atoms. The van der Waals surface area contributed by atoms with E-state index in [0.29, 0.717) is 10.9 Å². The second-order valence-corrected chi connectivity index (χ2v) is 5.42. The fourth-order valence-electron chi connectivity index (χ4n) is 2.17. The number of benzene rings is 1. The predicted octanol–water partition coefficient (Wildman–Crippen LogP) is 2.87. The van der Waals surface area contributed by atoms with E-state index in [1.807, 2.05) is 0 Å². The maximum atomic E-state index is 13.2. The van der Waals surface area contributed by atoms with Gasteiger partial charge in [-0.3, -0.25) is 4.98 Å². The molecule has 6 heteroatoms. The lowest BCUT2D eigenvalue weighted by molar-refractivity contribution is 0.619. The molecule has 0 radical (unpaired) electrons. The first-order chi connectivity index (χ1) is 9.65. The lowest BCUT2D eigenvalue weighted by Crippen LogP contribution is -2.13. The van der Waals surface area contributed by atoms with E-state index in [2.05, 4.69) is 26.0 Å². The number of fused-ring (bicyclic) bond motifs is 1. The molecular weight excluding hydrogens is 323 g/mol. The molecule has 2 N–H and O–H groups in total. The van der Waals surface area contributed by atoms with Crippen molar-refractivity contribution in [2.75, 3.05) is 0 Å². The van der Waals surface area contributed by atoms with E-state index in [-0.39, 0.29) is 11.9 Å². The van der Waals surface area contributed by atoms with Gasteiger partial charge in [0.1, 0.15) is 5.82 Å². The van der Waals surface area contributed by atoms with Crippen molar-refractivity contribution < 1.29 is 4.39 Å². The summed E-state index contributed by atoms with van der Waals surface area (Å²) in [6.45, 7) is 0. The lowest BCUT2D eigenvalue weighted by Gasteiger charge is -2.11. The normalized spacial score (nSPS) is 12.8. The number of hydrogen-bond donors (Lipinski definition) is 1. The van der Waals surface area contributed by atoms with Crippen LogP contribution < -0.4 is 5.73 Å². The van der Waals surface area contributed by atoms with Gasteiger partial charge in [-0.25, -0.2) is 8.91 Å². The van der Waals surface area contributed by atoms with Gasteiger partial charge in [-0.2, -0.15) is 5.10 Å². The summed E-state index contributed by atoms with van der Waals surface area (Å²) in [7, 11) is 0. The Balaban J connectivity index is 1.89. The monoisotopic (exact) mass is 334 g/mol. The van der Waals surface area contributed by atoms with E-state index in [9.17, 15) is 4.39 Å². The maximum absolute atomic E-state index is 13.2. The summed E-state index contributed by atoms with van der Waals surface area (Å²) in [5, 5.41) is 4.24. The quantitative estimate of drug-likeness (QED) is 0.801. The highest BCUT2D eigenvalue weighted by Crippen LogP contribution is 2.23. The SMILES string of the molecule is NC(Cc1ccc(F)c(Br)c1)c1cnn2ccncc12. The van der Waals surface area contributed by atoms with E-state index in [1.165, 1.54) is 6.07 Å². The minimum absolute atomic E-state index is 0.214. The summed E-state index contributed by atoms with van der Waals surface area (Å²) >= 11 is 3.18. The predicted molar refractivity (Wildman–Crippen MR) is 77.7 cm³/mol. The van der Waals surface area contributed by atoms with Crippen LogP contribution in [0.25, 0.3) is 5.52 Å². The van der Waals surface area contributed by atoms with Crippen LogP contribution in [-0.2, 0) is 6.42 Å². The zero-order valence-corrected chi connectivity index (χ0v) is 12.1. The molecule has 4 nitrogen and oxygen atoms in total. The third-order valence-electron chi connectivity index (χ3n) is 3.19. The van der Waals surface area contributed by atoms with E-state index in [1.54, 1.807) is 41.4 Å². The van der Waals surface area contributed by atoms with Gasteiger partial charge in [-0.05, 0) is 40.0 Å². The molecule has 0 fully saturated rings. The second-order valence-electron chi connectivity index (χ2n) is 4.57. The molecule has 102 valence electrons. The van der Waals surface area contributed by atoms with Crippen LogP contribution in [0.1, 0.15) is 17.2 Å². The van der Waals surface area contributed by atoms with Crippen molar-refractivity contribution in [2.45, 2.75) is 12.5 Å². The summed E-state index contributed by atoms with van der Waals surface area (Å²) < 4.78 is 15.4. The molecule has 0 amide bonds. The van der Waals surface area contributed by atoms with Gasteiger partial charge in [0, 0.05) is 24.0 Å². The number of nitrogens with two attached hydrogens (primary N) is 1. The van der Waals surface area contributed by atoms with Gasteiger partial charge in [0.25, 0.3) is 0 Å². The molecule has 2 heterocycles. The molecule has 0 aliphatic carbocycles. The van der Waals surface area contributed by atoms with Crippen LogP contribution in [0.4, 0.5) is 4.39 Å². The van der Waals surface area contributed by atoms with Gasteiger partial charge in [0.2, 0.25) is 0 Å². The largest absolute Gasteiger partial charge is 0.324 e. The minimum Gasteiger partial charge on any atom is -0.324 e. The van der Waals surface area contributed by atoms with Gasteiger partial charge >= 0.3 is 0 Å². The van der Waals surface area contributed by atoms with Crippen molar-refractivity contribution in [1.82, 2.24) is 14.6 Å². The summed E-state index contributed by atoms with van der Waals surface area (Å²) in [4.78, 5) is 4.09. The fraction of sp³-hybridized carbons (Fsp3) is 0.143. The average molecular weight is 335 g/mol. The van der Waals surface area contributed by atoms with E-state index in [0.717, 1.165) is 16.6 Å². The van der Waals surface area contributed by atoms with Gasteiger partial charge < -0.3 is 5.73 Å². The van der Waals surface area contributed by atoms with E-state index < -0.39 is 0 Å². The summed E-state index contributed by atoms with van der Waals surface area (Å²) in [5.74, 6) is -0.275.